The van der Waals surface area contributed by atoms with Crippen LogP contribution in [0, 0.1) is 0 Å². The van der Waals surface area contributed by atoms with E-state index in [0.717, 1.165) is 8.95 Å². The lowest BCUT2D eigenvalue weighted by Gasteiger charge is -2.02. The van der Waals surface area contributed by atoms with Crippen molar-refractivity contribution in [1.29, 1.82) is 0 Å². The molecule has 2 N–H and O–H groups in total. The van der Waals surface area contributed by atoms with Gasteiger partial charge in [0.2, 0.25) is 5.78 Å². The fourth-order valence-corrected chi connectivity index (χ4v) is 3.15. The first kappa shape index (κ1) is 11.8. The van der Waals surface area contributed by atoms with Crippen molar-refractivity contribution >= 4 is 54.7 Å². The Bertz CT molecular complexity index is 551. The van der Waals surface area contributed by atoms with E-state index >= 15 is 0 Å². The largest absolute Gasteiger partial charge is 0.398 e. The molecule has 0 bridgehead atoms. The molecule has 0 aliphatic carbocycles. The van der Waals surface area contributed by atoms with Crippen LogP contribution in [0.1, 0.15) is 15.2 Å². The van der Waals surface area contributed by atoms with Gasteiger partial charge in [-0.25, -0.2) is 0 Å². The summed E-state index contributed by atoms with van der Waals surface area (Å²) < 4.78 is 1.57. The predicted molar refractivity (Wildman–Crippen MR) is 74.0 cm³/mol. The van der Waals surface area contributed by atoms with Crippen molar-refractivity contribution < 1.29 is 4.79 Å². The van der Waals surface area contributed by atoms with E-state index in [-0.39, 0.29) is 5.78 Å². The molecule has 0 fully saturated rings. The van der Waals surface area contributed by atoms with Crippen molar-refractivity contribution in [3.8, 4) is 0 Å². The predicted octanol–water partition coefficient (Wildman–Crippen LogP) is 4.09. The minimum atomic E-state index is 0.00238. The van der Waals surface area contributed by atoms with E-state index in [1.165, 1.54) is 11.3 Å². The third-order valence-corrected chi connectivity index (χ3v) is 4.61. The molecule has 0 aliphatic heterocycles. The van der Waals surface area contributed by atoms with Gasteiger partial charge >= 0.3 is 0 Å². The van der Waals surface area contributed by atoms with Crippen LogP contribution in [0.15, 0.2) is 38.6 Å². The zero-order valence-electron chi connectivity index (χ0n) is 8.04. The third-order valence-electron chi connectivity index (χ3n) is 2.09. The molecule has 16 heavy (non-hydrogen) atoms. The van der Waals surface area contributed by atoms with Crippen molar-refractivity contribution in [3.05, 3.63) is 49.0 Å². The van der Waals surface area contributed by atoms with Gasteiger partial charge in [0.15, 0.2) is 0 Å². The lowest BCUT2D eigenvalue weighted by Crippen LogP contribution is -2.00. The highest BCUT2D eigenvalue weighted by molar-refractivity contribution is 9.11. The first-order valence-corrected chi connectivity index (χ1v) is 6.89. The van der Waals surface area contributed by atoms with E-state index in [2.05, 4.69) is 31.9 Å². The third kappa shape index (κ3) is 2.21. The molecule has 0 atom stereocenters. The lowest BCUT2D eigenvalue weighted by molar-refractivity contribution is 0.104. The van der Waals surface area contributed by atoms with Crippen LogP contribution in [-0.4, -0.2) is 5.78 Å². The number of benzene rings is 1. The number of anilines is 1. The summed E-state index contributed by atoms with van der Waals surface area (Å²) in [6.45, 7) is 0. The second-order valence-corrected chi connectivity index (χ2v) is 5.79. The molecule has 2 nitrogen and oxygen atoms in total. The average molecular weight is 361 g/mol. The number of carbonyl (C=O) groups excluding carboxylic acids is 1. The Balaban J connectivity index is 2.42. The molecule has 1 aromatic carbocycles. The maximum Gasteiger partial charge on any atom is 0.204 e. The summed E-state index contributed by atoms with van der Waals surface area (Å²) in [5.74, 6) is 0.00238. The fraction of sp³-hybridized carbons (Fsp3) is 0. The van der Waals surface area contributed by atoms with E-state index in [1.807, 2.05) is 11.4 Å². The standard InChI is InChI=1S/C11H7Br2NOS/c12-7-3-4-16-11(7)10(15)6-1-2-9(14)8(13)5-6/h1-5H,14H2. The van der Waals surface area contributed by atoms with E-state index < -0.39 is 0 Å². The first-order valence-electron chi connectivity index (χ1n) is 4.42. The minimum absolute atomic E-state index is 0.00238. The number of nitrogens with two attached hydrogens (primary N) is 1. The number of rotatable bonds is 2. The summed E-state index contributed by atoms with van der Waals surface area (Å²) in [7, 11) is 0. The molecule has 0 radical (unpaired) electrons. The van der Waals surface area contributed by atoms with E-state index in [4.69, 9.17) is 5.73 Å². The minimum Gasteiger partial charge on any atom is -0.398 e. The molecule has 0 saturated carbocycles. The van der Waals surface area contributed by atoms with Gasteiger partial charge in [-0.2, -0.15) is 0 Å². The van der Waals surface area contributed by atoms with Crippen molar-refractivity contribution in [3.63, 3.8) is 0 Å². The van der Waals surface area contributed by atoms with Crippen LogP contribution in [-0.2, 0) is 0 Å². The topological polar surface area (TPSA) is 43.1 Å². The highest BCUT2D eigenvalue weighted by Gasteiger charge is 2.14. The Morgan fingerprint density at radius 1 is 1.19 bits per heavy atom. The number of thiophene rings is 1. The number of ketones is 1. The monoisotopic (exact) mass is 359 g/mol. The van der Waals surface area contributed by atoms with Crippen molar-refractivity contribution in [2.24, 2.45) is 0 Å². The lowest BCUT2D eigenvalue weighted by atomic mass is 10.1. The van der Waals surface area contributed by atoms with Crippen LogP contribution in [0.4, 0.5) is 5.69 Å². The van der Waals surface area contributed by atoms with Gasteiger partial charge in [0.05, 0.1) is 4.88 Å². The first-order chi connectivity index (χ1) is 7.59. The summed E-state index contributed by atoms with van der Waals surface area (Å²) >= 11 is 8.08. The number of hydrogen-bond acceptors (Lipinski definition) is 3. The number of hydrogen-bond donors (Lipinski definition) is 1. The summed E-state index contributed by atoms with van der Waals surface area (Å²) in [5, 5.41) is 1.88. The van der Waals surface area contributed by atoms with Crippen molar-refractivity contribution in [2.45, 2.75) is 0 Å². The molecule has 0 unspecified atom stereocenters. The van der Waals surface area contributed by atoms with Crippen LogP contribution < -0.4 is 5.73 Å². The highest BCUT2D eigenvalue weighted by atomic mass is 79.9. The van der Waals surface area contributed by atoms with Crippen molar-refractivity contribution in [1.82, 2.24) is 0 Å². The molecule has 0 aliphatic rings. The van der Waals surface area contributed by atoms with Crippen LogP contribution >= 0.6 is 43.2 Å². The Labute approximate surface area is 114 Å². The summed E-state index contributed by atoms with van der Waals surface area (Å²) in [6.07, 6.45) is 0. The molecule has 0 amide bonds. The Hall–Kier alpha value is -0.650. The maximum atomic E-state index is 12.1. The summed E-state index contributed by atoms with van der Waals surface area (Å²) in [5.41, 5.74) is 6.93. The molecule has 0 spiro atoms. The van der Waals surface area contributed by atoms with Crippen LogP contribution in [0.2, 0.25) is 0 Å². The molecule has 5 heteroatoms. The zero-order chi connectivity index (χ0) is 11.7. The van der Waals surface area contributed by atoms with Gasteiger partial charge in [-0.05, 0) is 61.5 Å². The number of nitrogen functional groups attached to an aromatic ring is 1. The van der Waals surface area contributed by atoms with Gasteiger partial charge in [-0.1, -0.05) is 0 Å². The quantitative estimate of drug-likeness (QED) is 0.647. The average Bonchev–Trinajstić information content (AvgIpc) is 2.67. The molecule has 82 valence electrons. The molecular weight excluding hydrogens is 354 g/mol. The number of carbonyl (C=O) groups is 1. The fourth-order valence-electron chi connectivity index (χ4n) is 1.26. The Morgan fingerprint density at radius 3 is 2.50 bits per heavy atom. The highest BCUT2D eigenvalue weighted by Crippen LogP contribution is 2.27. The SMILES string of the molecule is Nc1ccc(C(=O)c2sccc2Br)cc1Br. The molecular formula is C11H7Br2NOS. The van der Waals surface area contributed by atoms with Gasteiger partial charge in [-0.15, -0.1) is 11.3 Å². The van der Waals surface area contributed by atoms with Gasteiger partial charge in [0.1, 0.15) is 0 Å². The Kier molecular flexibility index (Phi) is 3.47. The van der Waals surface area contributed by atoms with Gasteiger partial charge in [0.25, 0.3) is 0 Å². The van der Waals surface area contributed by atoms with Crippen molar-refractivity contribution in [2.75, 3.05) is 5.73 Å². The second-order valence-electron chi connectivity index (χ2n) is 3.16. The van der Waals surface area contributed by atoms with E-state index in [9.17, 15) is 4.79 Å². The number of halogens is 2. The second kappa shape index (κ2) is 4.69. The normalized spacial score (nSPS) is 10.4. The van der Waals surface area contributed by atoms with Crippen LogP contribution in [0.5, 0.6) is 0 Å². The molecule has 1 aromatic heterocycles. The van der Waals surface area contributed by atoms with Gasteiger partial charge < -0.3 is 5.73 Å². The van der Waals surface area contributed by atoms with Crippen LogP contribution in [0.3, 0.4) is 0 Å². The Morgan fingerprint density at radius 2 is 1.94 bits per heavy atom. The molecule has 2 rings (SSSR count). The zero-order valence-corrected chi connectivity index (χ0v) is 12.0. The van der Waals surface area contributed by atoms with Gasteiger partial charge in [-0.3, -0.25) is 4.79 Å². The maximum absolute atomic E-state index is 12.1. The molecule has 2 aromatic rings. The molecule has 1 heterocycles. The molecule has 0 saturated heterocycles. The van der Waals surface area contributed by atoms with Crippen LogP contribution in [0.25, 0.3) is 0 Å². The van der Waals surface area contributed by atoms with Gasteiger partial charge in [0, 0.05) is 20.2 Å². The smallest absolute Gasteiger partial charge is 0.204 e. The van der Waals surface area contributed by atoms with E-state index in [1.54, 1.807) is 18.2 Å². The summed E-state index contributed by atoms with van der Waals surface area (Å²) in [6, 6.07) is 7.06. The summed E-state index contributed by atoms with van der Waals surface area (Å²) in [4.78, 5) is 12.8. The van der Waals surface area contributed by atoms with E-state index in [0.29, 0.717) is 16.1 Å².